The maximum atomic E-state index is 14.9. The predicted molar refractivity (Wildman–Crippen MR) is 182 cm³/mol. The summed E-state index contributed by atoms with van der Waals surface area (Å²) in [5, 5.41) is 10.6. The third-order valence-corrected chi connectivity index (χ3v) is 9.32. The van der Waals surface area contributed by atoms with E-state index in [0.717, 1.165) is 5.56 Å². The Morgan fingerprint density at radius 3 is 2.37 bits per heavy atom. The van der Waals surface area contributed by atoms with Crippen LogP contribution in [0, 0.1) is 5.41 Å². The van der Waals surface area contributed by atoms with Crippen LogP contribution in [0.25, 0.3) is 16.8 Å². The smallest absolute Gasteiger partial charge is 0.411 e. The van der Waals surface area contributed by atoms with E-state index in [4.69, 9.17) is 27.1 Å². The number of benzene rings is 2. The summed E-state index contributed by atoms with van der Waals surface area (Å²) in [5.74, 6) is -0.703. The molecule has 2 aromatic carbocycles. The standard InChI is InChI=1S/C35H37ClF4N8O3/c1-21(37)47-18-24(17-43-47)22-6-9-25(10-7-22)34(20-32(2,3)4)29(49)48(30(41)44-34)28(19-51-31(50)45-33(12-13-33)35(38,39)40)23-8-11-26(36)27(16-23)46-15-5-14-42-46/h5-11,14-18,21,28H,12-13,19-20H2,1-4H3,(H2,41,44)(H,45,50)/t21?,28-,34-/m1/s1. The highest BCUT2D eigenvalue weighted by atomic mass is 35.5. The Bertz CT molecular complexity index is 1950. The van der Waals surface area contributed by atoms with Crippen LogP contribution in [0.3, 0.4) is 0 Å². The number of guanidine groups is 1. The second-order valence-corrected chi connectivity index (χ2v) is 14.5. The van der Waals surface area contributed by atoms with Crippen LogP contribution in [-0.2, 0) is 15.1 Å². The molecule has 0 radical (unpaired) electrons. The molecule has 3 atom stereocenters. The zero-order chi connectivity index (χ0) is 36.9. The van der Waals surface area contributed by atoms with Crippen LogP contribution in [0.5, 0.6) is 0 Å². The minimum atomic E-state index is -4.66. The number of carbonyl (C=O) groups excluding carboxylic acids is 2. The number of nitrogens with zero attached hydrogens (tertiary/aromatic N) is 6. The first-order valence-corrected chi connectivity index (χ1v) is 16.6. The van der Waals surface area contributed by atoms with Crippen LogP contribution in [-0.4, -0.2) is 60.7 Å². The van der Waals surface area contributed by atoms with E-state index >= 15 is 0 Å². The molecule has 16 heteroatoms. The number of alkyl halides is 4. The molecule has 1 saturated carbocycles. The van der Waals surface area contributed by atoms with Crippen molar-refractivity contribution >= 4 is 29.6 Å². The fourth-order valence-corrected chi connectivity index (χ4v) is 6.53. The molecule has 1 unspecified atom stereocenters. The number of halogens is 5. The van der Waals surface area contributed by atoms with E-state index in [-0.39, 0.29) is 25.2 Å². The summed E-state index contributed by atoms with van der Waals surface area (Å²) < 4.78 is 62.8. The van der Waals surface area contributed by atoms with Gasteiger partial charge in [-0.2, -0.15) is 23.4 Å². The second-order valence-electron chi connectivity index (χ2n) is 14.1. The van der Waals surface area contributed by atoms with E-state index in [1.54, 1.807) is 73.3 Å². The Morgan fingerprint density at radius 1 is 1.10 bits per heavy atom. The van der Waals surface area contributed by atoms with Crippen LogP contribution < -0.4 is 11.1 Å². The van der Waals surface area contributed by atoms with Gasteiger partial charge >= 0.3 is 12.3 Å². The molecule has 2 aliphatic rings. The third-order valence-electron chi connectivity index (χ3n) is 9.00. The zero-order valence-corrected chi connectivity index (χ0v) is 29.0. The van der Waals surface area contributed by atoms with Crippen molar-refractivity contribution in [3.63, 3.8) is 0 Å². The van der Waals surface area contributed by atoms with E-state index in [2.05, 4.69) is 10.2 Å². The Morgan fingerprint density at radius 2 is 1.80 bits per heavy atom. The lowest BCUT2D eigenvalue weighted by molar-refractivity contribution is -0.164. The van der Waals surface area contributed by atoms with Crippen molar-refractivity contribution in [2.75, 3.05) is 6.61 Å². The number of hydrogen-bond acceptors (Lipinski definition) is 7. The highest BCUT2D eigenvalue weighted by Gasteiger charge is 2.64. The summed E-state index contributed by atoms with van der Waals surface area (Å²) in [6, 6.07) is 12.4. The fourth-order valence-electron chi connectivity index (χ4n) is 6.33. The number of hydrogen-bond donors (Lipinski definition) is 2. The molecule has 1 aliphatic heterocycles. The molecule has 6 rings (SSSR count). The van der Waals surface area contributed by atoms with Crippen molar-refractivity contribution in [3.8, 4) is 16.8 Å². The van der Waals surface area contributed by atoms with Crippen LogP contribution in [0.1, 0.15) is 70.4 Å². The summed E-state index contributed by atoms with van der Waals surface area (Å²) in [4.78, 5) is 33.7. The van der Waals surface area contributed by atoms with Gasteiger partial charge in [0.15, 0.2) is 17.8 Å². The molecule has 1 fully saturated rings. The summed E-state index contributed by atoms with van der Waals surface area (Å²) in [5.41, 5.74) is 5.02. The van der Waals surface area contributed by atoms with E-state index < -0.39 is 53.6 Å². The summed E-state index contributed by atoms with van der Waals surface area (Å²) >= 11 is 6.52. The Kier molecular flexibility index (Phi) is 9.15. The molecule has 2 amide bonds. The molecule has 1 aliphatic carbocycles. The molecule has 4 aromatic rings. The number of ether oxygens (including phenoxy) is 1. The van der Waals surface area contributed by atoms with Crippen molar-refractivity contribution in [3.05, 3.63) is 89.5 Å². The molecule has 0 bridgehead atoms. The number of carbonyl (C=O) groups is 2. The maximum Gasteiger partial charge on any atom is 0.411 e. The lowest BCUT2D eigenvalue weighted by Gasteiger charge is -2.35. The maximum absolute atomic E-state index is 14.9. The summed E-state index contributed by atoms with van der Waals surface area (Å²) in [7, 11) is 0. The average molecular weight is 729 g/mol. The molecule has 3 N–H and O–H groups in total. The van der Waals surface area contributed by atoms with Crippen LogP contribution >= 0.6 is 11.6 Å². The highest BCUT2D eigenvalue weighted by molar-refractivity contribution is 6.32. The number of nitrogens with two attached hydrogens (primary N) is 1. The first-order chi connectivity index (χ1) is 23.9. The average Bonchev–Trinajstić information content (AvgIpc) is 3.38. The van der Waals surface area contributed by atoms with Gasteiger partial charge in [-0.25, -0.2) is 23.5 Å². The van der Waals surface area contributed by atoms with Gasteiger partial charge in [0, 0.05) is 24.2 Å². The number of aromatic nitrogens is 4. The minimum Gasteiger partial charge on any atom is -0.447 e. The van der Waals surface area contributed by atoms with E-state index in [1.165, 1.54) is 21.2 Å². The van der Waals surface area contributed by atoms with Gasteiger partial charge in [-0.05, 0) is 66.5 Å². The fraction of sp³-hybridized carbons (Fsp3) is 0.400. The van der Waals surface area contributed by atoms with Gasteiger partial charge in [0.1, 0.15) is 12.1 Å². The largest absolute Gasteiger partial charge is 0.447 e. The SMILES string of the molecule is CC(F)n1cc(-c2ccc([C@@]3(CC(C)(C)C)N=C(N)N([C@H](COC(=O)NC4(C(F)(F)F)CC4)c4ccc(Cl)c(-n5cccn5)c4)C3=O)cc2)cn1. The van der Waals surface area contributed by atoms with E-state index in [0.29, 0.717) is 27.4 Å². The normalized spacial score (nSPS) is 19.8. The Labute approximate surface area is 296 Å². The molecule has 270 valence electrons. The second kappa shape index (κ2) is 13.0. The highest BCUT2D eigenvalue weighted by Crippen LogP contribution is 2.49. The minimum absolute atomic E-state index is 0.176. The third kappa shape index (κ3) is 7.03. The van der Waals surface area contributed by atoms with Gasteiger partial charge in [-0.3, -0.25) is 9.69 Å². The van der Waals surface area contributed by atoms with Gasteiger partial charge in [-0.1, -0.05) is 62.7 Å². The molecule has 2 aromatic heterocycles. The van der Waals surface area contributed by atoms with Crippen molar-refractivity contribution in [1.82, 2.24) is 29.8 Å². The Balaban J connectivity index is 1.38. The molecule has 0 saturated heterocycles. The molecule has 11 nitrogen and oxygen atoms in total. The van der Waals surface area contributed by atoms with Crippen LogP contribution in [0.2, 0.25) is 5.02 Å². The topological polar surface area (TPSA) is 133 Å². The van der Waals surface area contributed by atoms with Gasteiger partial charge in [0.05, 0.1) is 22.9 Å². The van der Waals surface area contributed by atoms with Crippen molar-refractivity contribution in [2.24, 2.45) is 16.1 Å². The molecule has 3 heterocycles. The first-order valence-electron chi connectivity index (χ1n) is 16.2. The summed E-state index contributed by atoms with van der Waals surface area (Å²) in [6.45, 7) is 6.66. The lowest BCUT2D eigenvalue weighted by atomic mass is 9.75. The van der Waals surface area contributed by atoms with Crippen LogP contribution in [0.4, 0.5) is 22.4 Å². The number of nitrogens with one attached hydrogen (secondary N) is 1. The van der Waals surface area contributed by atoms with Crippen molar-refractivity contribution < 1.29 is 31.9 Å². The monoisotopic (exact) mass is 728 g/mol. The number of rotatable bonds is 10. The quantitative estimate of drug-likeness (QED) is 0.166. The summed E-state index contributed by atoms with van der Waals surface area (Å²) in [6.07, 6.45) is -1.25. The number of amides is 2. The van der Waals surface area contributed by atoms with Crippen LogP contribution in [0.15, 0.2) is 78.3 Å². The van der Waals surface area contributed by atoms with Gasteiger partial charge < -0.3 is 15.8 Å². The molecule has 0 spiro atoms. The number of aliphatic imine (C=N–C) groups is 1. The first kappa shape index (κ1) is 35.9. The molecule has 51 heavy (non-hydrogen) atoms. The van der Waals surface area contributed by atoms with Gasteiger partial charge in [0.2, 0.25) is 0 Å². The van der Waals surface area contributed by atoms with Gasteiger partial charge in [0.25, 0.3) is 5.91 Å². The lowest BCUT2D eigenvalue weighted by Crippen LogP contribution is -2.50. The molecular weight excluding hydrogens is 692 g/mol. The Hall–Kier alpha value is -4.92. The molecular formula is C35H37ClF4N8O3. The van der Waals surface area contributed by atoms with Crippen molar-refractivity contribution in [2.45, 2.75) is 76.5 Å². The van der Waals surface area contributed by atoms with Crippen molar-refractivity contribution in [1.29, 1.82) is 0 Å². The van der Waals surface area contributed by atoms with E-state index in [1.807, 2.05) is 26.1 Å². The van der Waals surface area contributed by atoms with E-state index in [9.17, 15) is 27.2 Å². The van der Waals surface area contributed by atoms with Gasteiger partial charge in [-0.15, -0.1) is 0 Å². The predicted octanol–water partition coefficient (Wildman–Crippen LogP) is 7.23. The zero-order valence-electron chi connectivity index (χ0n) is 28.3. The number of alkyl carbamates (subject to hydrolysis) is 1.